The Balaban J connectivity index is 1.28. The fourth-order valence-corrected chi connectivity index (χ4v) is 6.38. The van der Waals surface area contributed by atoms with Crippen LogP contribution in [0.4, 0.5) is 0 Å². The van der Waals surface area contributed by atoms with Crippen LogP contribution in [0.1, 0.15) is 78.1 Å². The first kappa shape index (κ1) is 21.5. The van der Waals surface area contributed by atoms with E-state index in [9.17, 15) is 9.59 Å². The van der Waals surface area contributed by atoms with Crippen LogP contribution in [0.2, 0.25) is 0 Å². The van der Waals surface area contributed by atoms with E-state index < -0.39 is 5.92 Å². The molecule has 0 radical (unpaired) electrons. The smallest absolute Gasteiger partial charge is 0.252 e. The fraction of sp³-hybridized carbons (Fsp3) is 0.833. The van der Waals surface area contributed by atoms with Crippen LogP contribution < -0.4 is 10.9 Å². The van der Waals surface area contributed by atoms with Gasteiger partial charge in [-0.1, -0.05) is 26.7 Å². The molecular formula is C24H38N4O2. The quantitative estimate of drug-likeness (QED) is 0.338. The lowest BCUT2D eigenvalue weighted by Crippen LogP contribution is -2.38. The van der Waals surface area contributed by atoms with Crippen molar-refractivity contribution in [2.75, 3.05) is 0 Å². The van der Waals surface area contributed by atoms with Gasteiger partial charge in [-0.25, -0.2) is 10.9 Å². The van der Waals surface area contributed by atoms with Crippen LogP contribution in [0, 0.1) is 47.3 Å². The molecule has 0 aromatic heterocycles. The SMILES string of the molecule is CC(C)CCC(C(=O)N/N=C\[C@@H]1C[C@@H]2CC[C@@H]1C2)C(=O)N/N=C\[C@H]1C[C@H]2CC[C@@H]1C2. The Morgan fingerprint density at radius 2 is 1.30 bits per heavy atom. The van der Waals surface area contributed by atoms with Crippen molar-refractivity contribution in [1.29, 1.82) is 0 Å². The molecule has 0 spiro atoms. The average molecular weight is 415 g/mol. The van der Waals surface area contributed by atoms with E-state index in [1.54, 1.807) is 0 Å². The van der Waals surface area contributed by atoms with Crippen LogP contribution in [-0.4, -0.2) is 24.2 Å². The molecule has 0 aromatic carbocycles. The topological polar surface area (TPSA) is 82.9 Å². The highest BCUT2D eigenvalue weighted by Gasteiger charge is 2.39. The van der Waals surface area contributed by atoms with Crippen molar-refractivity contribution < 1.29 is 9.59 Å². The van der Waals surface area contributed by atoms with E-state index in [2.05, 4.69) is 34.9 Å². The maximum Gasteiger partial charge on any atom is 0.252 e. The summed E-state index contributed by atoms with van der Waals surface area (Å²) >= 11 is 0. The van der Waals surface area contributed by atoms with Crippen molar-refractivity contribution in [3.05, 3.63) is 0 Å². The van der Waals surface area contributed by atoms with Crippen molar-refractivity contribution in [3.8, 4) is 0 Å². The lowest BCUT2D eigenvalue weighted by Gasteiger charge is -2.18. The van der Waals surface area contributed by atoms with Crippen LogP contribution in [0.3, 0.4) is 0 Å². The normalized spacial score (nSPS) is 35.7. The number of rotatable bonds is 9. The Labute approximate surface area is 180 Å². The molecule has 6 heteroatoms. The third kappa shape index (κ3) is 5.12. The second-order valence-electron chi connectivity index (χ2n) is 10.7. The first-order valence-corrected chi connectivity index (χ1v) is 12.2. The monoisotopic (exact) mass is 414 g/mol. The highest BCUT2D eigenvalue weighted by atomic mass is 16.2. The zero-order valence-corrected chi connectivity index (χ0v) is 18.6. The summed E-state index contributed by atoms with van der Waals surface area (Å²) in [4.78, 5) is 25.4. The molecule has 0 aromatic rings. The second-order valence-corrected chi connectivity index (χ2v) is 10.7. The number of nitrogens with one attached hydrogen (secondary N) is 2. The van der Waals surface area contributed by atoms with E-state index in [4.69, 9.17) is 0 Å². The van der Waals surface area contributed by atoms with Crippen LogP contribution in [-0.2, 0) is 9.59 Å². The van der Waals surface area contributed by atoms with Gasteiger partial charge in [0.15, 0.2) is 0 Å². The maximum absolute atomic E-state index is 12.7. The van der Waals surface area contributed by atoms with Gasteiger partial charge in [0.1, 0.15) is 5.92 Å². The number of carbonyl (C=O) groups is 2. The molecule has 166 valence electrons. The first-order valence-electron chi connectivity index (χ1n) is 12.2. The van der Waals surface area contributed by atoms with Gasteiger partial charge in [-0.3, -0.25) is 9.59 Å². The van der Waals surface area contributed by atoms with E-state index >= 15 is 0 Å². The largest absolute Gasteiger partial charge is 0.272 e. The lowest BCUT2D eigenvalue weighted by molar-refractivity contribution is -0.135. The number of fused-ring (bicyclic) bond motifs is 4. The van der Waals surface area contributed by atoms with E-state index in [-0.39, 0.29) is 11.8 Å². The molecule has 30 heavy (non-hydrogen) atoms. The molecule has 4 bridgehead atoms. The molecule has 2 amide bonds. The van der Waals surface area contributed by atoms with Crippen molar-refractivity contribution in [2.45, 2.75) is 78.1 Å². The predicted octanol–water partition coefficient (Wildman–Crippen LogP) is 4.12. The van der Waals surface area contributed by atoms with Gasteiger partial charge < -0.3 is 0 Å². The Bertz CT molecular complexity index is 637. The summed E-state index contributed by atoms with van der Waals surface area (Å²) in [5.41, 5.74) is 5.29. The molecule has 0 heterocycles. The molecule has 0 saturated heterocycles. The summed E-state index contributed by atoms with van der Waals surface area (Å²) in [6, 6.07) is 0. The molecule has 1 unspecified atom stereocenters. The molecule has 0 aliphatic heterocycles. The minimum Gasteiger partial charge on any atom is -0.272 e. The zero-order chi connectivity index (χ0) is 21.1. The highest BCUT2D eigenvalue weighted by molar-refractivity contribution is 6.00. The van der Waals surface area contributed by atoms with Gasteiger partial charge in [-0.2, -0.15) is 10.2 Å². The lowest BCUT2D eigenvalue weighted by atomic mass is 9.90. The molecule has 4 saturated carbocycles. The third-order valence-electron chi connectivity index (χ3n) is 8.13. The summed E-state index contributed by atoms with van der Waals surface area (Å²) in [6.07, 6.45) is 15.4. The molecule has 4 fully saturated rings. The van der Waals surface area contributed by atoms with Crippen molar-refractivity contribution in [3.63, 3.8) is 0 Å². The standard InChI is InChI=1S/C24H38N4O2/c1-15(2)3-8-22(23(29)27-25-13-20-11-16-4-6-18(20)9-16)24(30)28-26-14-21-12-17-5-7-19(21)10-17/h13-22H,3-12H2,1-2H3,(H,27,29)(H,28,30)/b25-13-,26-14-/t16-,17+,18-,19-,20+,21-,22?/m1/s1. The maximum atomic E-state index is 12.7. The fourth-order valence-electron chi connectivity index (χ4n) is 6.38. The summed E-state index contributed by atoms with van der Waals surface area (Å²) in [6.45, 7) is 4.21. The van der Waals surface area contributed by atoms with E-state index in [1.165, 1.54) is 51.4 Å². The molecule has 4 aliphatic rings. The van der Waals surface area contributed by atoms with Gasteiger partial charge in [0, 0.05) is 12.4 Å². The van der Waals surface area contributed by atoms with Crippen molar-refractivity contribution in [2.24, 2.45) is 57.5 Å². The minimum absolute atomic E-state index is 0.317. The molecule has 7 atom stereocenters. The Kier molecular flexibility index (Phi) is 6.89. The number of hydrazone groups is 2. The second kappa shape index (κ2) is 9.61. The van der Waals surface area contributed by atoms with Crippen LogP contribution in [0.5, 0.6) is 0 Å². The number of amides is 2. The molecule has 4 aliphatic carbocycles. The van der Waals surface area contributed by atoms with Gasteiger partial charge in [0.25, 0.3) is 11.8 Å². The molecule has 2 N–H and O–H groups in total. The van der Waals surface area contributed by atoms with Gasteiger partial charge in [-0.05, 0) is 92.8 Å². The van der Waals surface area contributed by atoms with Gasteiger partial charge >= 0.3 is 0 Å². The van der Waals surface area contributed by atoms with Gasteiger partial charge in [0.2, 0.25) is 0 Å². The van der Waals surface area contributed by atoms with E-state index in [1.807, 2.05) is 12.4 Å². The van der Waals surface area contributed by atoms with Crippen molar-refractivity contribution >= 4 is 24.2 Å². The first-order chi connectivity index (χ1) is 14.5. The third-order valence-corrected chi connectivity index (χ3v) is 8.13. The van der Waals surface area contributed by atoms with Crippen LogP contribution in [0.15, 0.2) is 10.2 Å². The summed E-state index contributed by atoms with van der Waals surface area (Å²) in [7, 11) is 0. The zero-order valence-electron chi connectivity index (χ0n) is 18.6. The average Bonchev–Trinajstić information content (AvgIpc) is 3.49. The van der Waals surface area contributed by atoms with E-state index in [0.29, 0.717) is 24.2 Å². The van der Waals surface area contributed by atoms with Gasteiger partial charge in [0.05, 0.1) is 0 Å². The highest BCUT2D eigenvalue weighted by Crippen LogP contribution is 2.48. The predicted molar refractivity (Wildman–Crippen MR) is 119 cm³/mol. The molecular weight excluding hydrogens is 376 g/mol. The summed E-state index contributed by atoms with van der Waals surface area (Å²) in [5, 5.41) is 8.46. The van der Waals surface area contributed by atoms with E-state index in [0.717, 1.165) is 30.1 Å². The Morgan fingerprint density at radius 3 is 1.67 bits per heavy atom. The Hall–Kier alpha value is -1.72. The Morgan fingerprint density at radius 1 is 0.800 bits per heavy atom. The number of carbonyl (C=O) groups excluding carboxylic acids is 2. The van der Waals surface area contributed by atoms with Crippen LogP contribution >= 0.6 is 0 Å². The van der Waals surface area contributed by atoms with Crippen molar-refractivity contribution in [1.82, 2.24) is 10.9 Å². The molecule has 6 nitrogen and oxygen atoms in total. The van der Waals surface area contributed by atoms with Gasteiger partial charge in [-0.15, -0.1) is 0 Å². The minimum atomic E-state index is -0.748. The summed E-state index contributed by atoms with van der Waals surface area (Å²) < 4.78 is 0. The number of nitrogens with zero attached hydrogens (tertiary/aromatic N) is 2. The number of hydrogen-bond acceptors (Lipinski definition) is 4. The summed E-state index contributed by atoms with van der Waals surface area (Å²) in [5.74, 6) is 3.18. The molecule has 4 rings (SSSR count). The number of hydrogen-bond donors (Lipinski definition) is 2. The van der Waals surface area contributed by atoms with Crippen LogP contribution in [0.25, 0.3) is 0 Å².